The summed E-state index contributed by atoms with van der Waals surface area (Å²) in [5.74, 6) is -0.983. The van der Waals surface area contributed by atoms with Crippen LogP contribution in [-0.4, -0.2) is 17.0 Å². The van der Waals surface area contributed by atoms with E-state index in [1.807, 2.05) is 23.8 Å². The number of carboxylic acid groups (broad SMARTS) is 1. The molecule has 110 valence electrons. The number of amides is 1. The van der Waals surface area contributed by atoms with Gasteiger partial charge in [0.05, 0.1) is 11.5 Å². The second-order valence-corrected chi connectivity index (χ2v) is 6.45. The molecule has 1 fully saturated rings. The maximum absolute atomic E-state index is 12.2. The molecular formula is C15H21NO3S. The number of hydrogen-bond acceptors (Lipinski definition) is 3. The van der Waals surface area contributed by atoms with Crippen molar-refractivity contribution < 1.29 is 14.7 Å². The number of aliphatic carboxylic acids is 1. The van der Waals surface area contributed by atoms with Crippen LogP contribution >= 0.6 is 11.3 Å². The highest BCUT2D eigenvalue weighted by atomic mass is 32.1. The summed E-state index contributed by atoms with van der Waals surface area (Å²) in [6.45, 7) is 1.92. The van der Waals surface area contributed by atoms with Crippen molar-refractivity contribution in [2.24, 2.45) is 5.41 Å². The average molecular weight is 295 g/mol. The molecule has 0 spiro atoms. The van der Waals surface area contributed by atoms with Gasteiger partial charge in [0.15, 0.2) is 0 Å². The highest BCUT2D eigenvalue weighted by molar-refractivity contribution is 7.07. The van der Waals surface area contributed by atoms with Crippen molar-refractivity contribution in [1.82, 2.24) is 5.32 Å². The van der Waals surface area contributed by atoms with E-state index in [1.54, 1.807) is 11.3 Å². The van der Waals surface area contributed by atoms with E-state index in [-0.39, 0.29) is 18.4 Å². The van der Waals surface area contributed by atoms with Gasteiger partial charge in [0, 0.05) is 6.42 Å². The Bertz CT molecular complexity index is 463. The molecule has 1 unspecified atom stereocenters. The molecule has 1 amide bonds. The van der Waals surface area contributed by atoms with E-state index in [4.69, 9.17) is 0 Å². The number of carbonyl (C=O) groups excluding carboxylic acids is 1. The van der Waals surface area contributed by atoms with Gasteiger partial charge in [-0.1, -0.05) is 19.3 Å². The SMILES string of the molecule is CC(NC(=O)CC1(C(=O)O)CCCCC1)c1ccsc1. The summed E-state index contributed by atoms with van der Waals surface area (Å²) in [7, 11) is 0. The molecule has 0 aromatic carbocycles. The molecule has 20 heavy (non-hydrogen) atoms. The minimum atomic E-state index is -0.850. The maximum Gasteiger partial charge on any atom is 0.310 e. The van der Waals surface area contributed by atoms with Gasteiger partial charge in [0.2, 0.25) is 5.91 Å². The molecule has 0 aliphatic heterocycles. The Balaban J connectivity index is 1.97. The van der Waals surface area contributed by atoms with Crippen molar-refractivity contribution in [1.29, 1.82) is 0 Å². The number of carboxylic acids is 1. The van der Waals surface area contributed by atoms with Crippen LogP contribution < -0.4 is 5.32 Å². The molecule has 1 aromatic heterocycles. The first-order valence-corrected chi connectivity index (χ1v) is 8.03. The summed E-state index contributed by atoms with van der Waals surface area (Å²) >= 11 is 1.59. The summed E-state index contributed by atoms with van der Waals surface area (Å²) in [5.41, 5.74) is 0.216. The third kappa shape index (κ3) is 3.39. The first kappa shape index (κ1) is 15.0. The summed E-state index contributed by atoms with van der Waals surface area (Å²) < 4.78 is 0. The summed E-state index contributed by atoms with van der Waals surface area (Å²) in [6.07, 6.45) is 4.20. The second-order valence-electron chi connectivity index (χ2n) is 5.67. The van der Waals surface area contributed by atoms with E-state index >= 15 is 0 Å². The van der Waals surface area contributed by atoms with Crippen molar-refractivity contribution >= 4 is 23.2 Å². The van der Waals surface area contributed by atoms with Gasteiger partial charge in [0.1, 0.15) is 0 Å². The number of rotatable bonds is 5. The molecule has 5 heteroatoms. The maximum atomic E-state index is 12.2. The molecule has 2 rings (SSSR count). The quantitative estimate of drug-likeness (QED) is 0.875. The first-order valence-electron chi connectivity index (χ1n) is 7.08. The Hall–Kier alpha value is -1.36. The topological polar surface area (TPSA) is 66.4 Å². The highest BCUT2D eigenvalue weighted by Gasteiger charge is 2.41. The van der Waals surface area contributed by atoms with Gasteiger partial charge >= 0.3 is 5.97 Å². The molecule has 1 aliphatic carbocycles. The molecule has 1 aliphatic rings. The lowest BCUT2D eigenvalue weighted by Crippen LogP contribution is -2.39. The molecular weight excluding hydrogens is 274 g/mol. The van der Waals surface area contributed by atoms with Gasteiger partial charge in [-0.2, -0.15) is 11.3 Å². The molecule has 4 nitrogen and oxygen atoms in total. The predicted octanol–water partition coefficient (Wildman–Crippen LogP) is 3.35. The van der Waals surface area contributed by atoms with Crippen LogP contribution in [0.2, 0.25) is 0 Å². The highest BCUT2D eigenvalue weighted by Crippen LogP contribution is 2.39. The molecule has 0 radical (unpaired) electrons. The van der Waals surface area contributed by atoms with Crippen LogP contribution in [-0.2, 0) is 9.59 Å². The summed E-state index contributed by atoms with van der Waals surface area (Å²) in [4.78, 5) is 23.7. The molecule has 1 saturated carbocycles. The van der Waals surface area contributed by atoms with E-state index in [0.29, 0.717) is 12.8 Å². The van der Waals surface area contributed by atoms with Crippen LogP contribution in [0.3, 0.4) is 0 Å². The Morgan fingerprint density at radius 1 is 1.40 bits per heavy atom. The number of carbonyl (C=O) groups is 2. The lowest BCUT2D eigenvalue weighted by atomic mass is 9.71. The first-order chi connectivity index (χ1) is 9.53. The molecule has 1 heterocycles. The normalized spacial score (nSPS) is 19.2. The van der Waals surface area contributed by atoms with Gasteiger partial charge in [-0.15, -0.1) is 0 Å². The van der Waals surface area contributed by atoms with Crippen LogP contribution in [0.15, 0.2) is 16.8 Å². The number of hydrogen-bond donors (Lipinski definition) is 2. The van der Waals surface area contributed by atoms with Crippen molar-refractivity contribution in [2.45, 2.75) is 51.5 Å². The smallest absolute Gasteiger partial charge is 0.310 e. The standard InChI is InChI=1S/C15H21NO3S/c1-11(12-5-8-20-10-12)16-13(17)9-15(14(18)19)6-3-2-4-7-15/h5,8,10-11H,2-4,6-7,9H2,1H3,(H,16,17)(H,18,19). The Morgan fingerprint density at radius 3 is 2.65 bits per heavy atom. The minimum absolute atomic E-state index is 0.0665. The minimum Gasteiger partial charge on any atom is -0.481 e. The Labute approximate surface area is 123 Å². The zero-order valence-electron chi connectivity index (χ0n) is 11.7. The van der Waals surface area contributed by atoms with Gasteiger partial charge in [0.25, 0.3) is 0 Å². The van der Waals surface area contributed by atoms with E-state index < -0.39 is 11.4 Å². The molecule has 0 bridgehead atoms. The zero-order valence-corrected chi connectivity index (χ0v) is 12.5. The molecule has 0 saturated heterocycles. The van der Waals surface area contributed by atoms with Crippen LogP contribution in [0.1, 0.15) is 57.1 Å². The molecule has 1 atom stereocenters. The predicted molar refractivity (Wildman–Crippen MR) is 78.6 cm³/mol. The van der Waals surface area contributed by atoms with Crippen LogP contribution in [0, 0.1) is 5.41 Å². The van der Waals surface area contributed by atoms with E-state index in [2.05, 4.69) is 5.32 Å². The van der Waals surface area contributed by atoms with Crippen molar-refractivity contribution in [3.8, 4) is 0 Å². The summed E-state index contributed by atoms with van der Waals surface area (Å²) in [6, 6.07) is 1.91. The third-order valence-electron chi connectivity index (χ3n) is 4.18. The van der Waals surface area contributed by atoms with Crippen LogP contribution in [0.25, 0.3) is 0 Å². The Morgan fingerprint density at radius 2 is 2.10 bits per heavy atom. The van der Waals surface area contributed by atoms with E-state index in [0.717, 1.165) is 24.8 Å². The number of thiophene rings is 1. The van der Waals surface area contributed by atoms with Gasteiger partial charge in [-0.3, -0.25) is 9.59 Å². The summed E-state index contributed by atoms with van der Waals surface area (Å²) in [5, 5.41) is 16.4. The van der Waals surface area contributed by atoms with Crippen molar-refractivity contribution in [3.63, 3.8) is 0 Å². The van der Waals surface area contributed by atoms with Crippen LogP contribution in [0.5, 0.6) is 0 Å². The molecule has 1 aromatic rings. The fourth-order valence-electron chi connectivity index (χ4n) is 2.90. The molecule has 2 N–H and O–H groups in total. The van der Waals surface area contributed by atoms with E-state index in [9.17, 15) is 14.7 Å². The van der Waals surface area contributed by atoms with Gasteiger partial charge in [-0.25, -0.2) is 0 Å². The van der Waals surface area contributed by atoms with E-state index in [1.165, 1.54) is 0 Å². The van der Waals surface area contributed by atoms with Gasteiger partial charge in [-0.05, 0) is 42.2 Å². The lowest BCUT2D eigenvalue weighted by molar-refractivity contribution is -0.154. The van der Waals surface area contributed by atoms with Crippen molar-refractivity contribution in [2.75, 3.05) is 0 Å². The average Bonchev–Trinajstić information content (AvgIpc) is 2.93. The fraction of sp³-hybridized carbons (Fsp3) is 0.600. The zero-order chi connectivity index (χ0) is 14.6. The lowest BCUT2D eigenvalue weighted by Gasteiger charge is -2.32. The monoisotopic (exact) mass is 295 g/mol. The van der Waals surface area contributed by atoms with Crippen LogP contribution in [0.4, 0.5) is 0 Å². The fourth-order valence-corrected chi connectivity index (χ4v) is 3.65. The Kier molecular flexibility index (Phi) is 4.81. The third-order valence-corrected chi connectivity index (χ3v) is 4.89. The second kappa shape index (κ2) is 6.39. The van der Waals surface area contributed by atoms with Crippen molar-refractivity contribution in [3.05, 3.63) is 22.4 Å². The largest absolute Gasteiger partial charge is 0.481 e. The van der Waals surface area contributed by atoms with Gasteiger partial charge < -0.3 is 10.4 Å². The number of nitrogens with one attached hydrogen (secondary N) is 1.